The fraction of sp³-hybridized carbons (Fsp3) is 0.267. The van der Waals surface area contributed by atoms with Crippen LogP contribution in [0.25, 0.3) is 0 Å². The maximum atomic E-state index is 8.76. The van der Waals surface area contributed by atoms with Crippen LogP contribution in [0.5, 0.6) is 11.5 Å². The molecule has 0 bridgehead atoms. The molecule has 2 aromatic rings. The largest absolute Gasteiger partial charge is 0.494 e. The normalized spacial score (nSPS) is 10.0. The third-order valence-corrected chi connectivity index (χ3v) is 3.46. The van der Waals surface area contributed by atoms with Crippen LogP contribution in [-0.2, 0) is 0 Å². The predicted octanol–water partition coefficient (Wildman–Crippen LogP) is 2.50. The van der Waals surface area contributed by atoms with Crippen molar-refractivity contribution in [2.45, 2.75) is 12.1 Å². The van der Waals surface area contributed by atoms with E-state index < -0.39 is 0 Å². The van der Waals surface area contributed by atoms with Crippen molar-refractivity contribution in [3.63, 3.8) is 0 Å². The van der Waals surface area contributed by atoms with Gasteiger partial charge in [-0.2, -0.15) is 5.26 Å². The summed E-state index contributed by atoms with van der Waals surface area (Å²) >= 11 is 1.42. The van der Waals surface area contributed by atoms with Gasteiger partial charge in [0.25, 0.3) is 0 Å². The quantitative estimate of drug-likeness (QED) is 0.476. The zero-order chi connectivity index (χ0) is 15.8. The van der Waals surface area contributed by atoms with Crippen molar-refractivity contribution in [2.24, 2.45) is 0 Å². The topological polar surface area (TPSA) is 94.0 Å². The number of ether oxygens (including phenoxy) is 2. The lowest BCUT2D eigenvalue weighted by Crippen LogP contribution is -2.02. The van der Waals surface area contributed by atoms with Crippen molar-refractivity contribution >= 4 is 17.6 Å². The number of hydrogen-bond acceptors (Lipinski definition) is 7. The average Bonchev–Trinajstić information content (AvgIpc) is 2.53. The van der Waals surface area contributed by atoms with Crippen LogP contribution in [0.1, 0.15) is 12.5 Å². The molecule has 0 amide bonds. The van der Waals surface area contributed by atoms with Gasteiger partial charge in [-0.05, 0) is 31.2 Å². The molecule has 0 saturated heterocycles. The Hall–Kier alpha value is -2.46. The maximum Gasteiger partial charge on any atom is 0.189 e. The molecule has 6 nitrogen and oxygen atoms in total. The summed E-state index contributed by atoms with van der Waals surface area (Å²) in [6.07, 6.45) is 1.43. The fourth-order valence-corrected chi connectivity index (χ4v) is 2.26. The van der Waals surface area contributed by atoms with Crippen LogP contribution in [0.3, 0.4) is 0 Å². The molecule has 2 rings (SSSR count). The summed E-state index contributed by atoms with van der Waals surface area (Å²) in [5.41, 5.74) is 5.92. The highest BCUT2D eigenvalue weighted by atomic mass is 32.2. The summed E-state index contributed by atoms with van der Waals surface area (Å²) in [6, 6.07) is 9.41. The first-order valence-corrected chi connectivity index (χ1v) is 7.72. The number of nitriles is 1. The van der Waals surface area contributed by atoms with Crippen molar-refractivity contribution in [2.75, 3.05) is 24.7 Å². The van der Waals surface area contributed by atoms with Crippen molar-refractivity contribution in [3.8, 4) is 17.6 Å². The van der Waals surface area contributed by atoms with Gasteiger partial charge in [0, 0.05) is 5.75 Å². The molecule has 0 spiro atoms. The lowest BCUT2D eigenvalue weighted by atomic mass is 10.3. The molecule has 0 radical (unpaired) electrons. The minimum atomic E-state index is 0.201. The molecular weight excluding hydrogens is 300 g/mol. The Labute approximate surface area is 133 Å². The van der Waals surface area contributed by atoms with Gasteiger partial charge in [-0.15, -0.1) is 0 Å². The molecule has 0 atom stereocenters. The van der Waals surface area contributed by atoms with Crippen LogP contribution in [0.2, 0.25) is 0 Å². The SMILES string of the molecule is CCOc1ccc(OCCSc2ncc(C#N)c(N)n2)cc1. The van der Waals surface area contributed by atoms with Crippen molar-refractivity contribution in [1.29, 1.82) is 5.26 Å². The molecule has 22 heavy (non-hydrogen) atoms. The summed E-state index contributed by atoms with van der Waals surface area (Å²) in [5, 5.41) is 9.29. The van der Waals surface area contributed by atoms with E-state index in [0.29, 0.717) is 24.1 Å². The van der Waals surface area contributed by atoms with Crippen LogP contribution in [-0.4, -0.2) is 28.9 Å². The number of aromatic nitrogens is 2. The molecule has 1 aromatic carbocycles. The van der Waals surface area contributed by atoms with Gasteiger partial charge in [-0.1, -0.05) is 11.8 Å². The van der Waals surface area contributed by atoms with Gasteiger partial charge in [-0.3, -0.25) is 0 Å². The number of nitrogens with zero attached hydrogens (tertiary/aromatic N) is 3. The second-order valence-corrected chi connectivity index (χ2v) is 5.23. The van der Waals surface area contributed by atoms with Crippen LogP contribution in [0.15, 0.2) is 35.6 Å². The first-order chi connectivity index (χ1) is 10.7. The standard InChI is InChI=1S/C15H16N4O2S/c1-2-20-12-3-5-13(6-4-12)21-7-8-22-15-18-10-11(9-16)14(17)19-15/h3-6,10H,2,7-8H2,1H3,(H2,17,18,19). The first kappa shape index (κ1) is 15.9. The molecular formula is C15H16N4O2S. The van der Waals surface area contributed by atoms with Gasteiger partial charge in [-0.25, -0.2) is 9.97 Å². The predicted molar refractivity (Wildman–Crippen MR) is 85.0 cm³/mol. The zero-order valence-corrected chi connectivity index (χ0v) is 13.0. The van der Waals surface area contributed by atoms with Gasteiger partial charge in [0.05, 0.1) is 19.4 Å². The Morgan fingerprint density at radius 3 is 2.50 bits per heavy atom. The summed E-state index contributed by atoms with van der Waals surface area (Å²) < 4.78 is 11.0. The number of nitrogen functional groups attached to an aromatic ring is 1. The second kappa shape index (κ2) is 8.10. The lowest BCUT2D eigenvalue weighted by Gasteiger charge is -2.07. The van der Waals surface area contributed by atoms with Crippen LogP contribution < -0.4 is 15.2 Å². The Balaban J connectivity index is 1.77. The highest BCUT2D eigenvalue weighted by Gasteiger charge is 2.04. The first-order valence-electron chi connectivity index (χ1n) is 6.74. The highest BCUT2D eigenvalue weighted by Crippen LogP contribution is 2.19. The minimum absolute atomic E-state index is 0.201. The molecule has 0 aliphatic carbocycles. The average molecular weight is 316 g/mol. The molecule has 2 N–H and O–H groups in total. The van der Waals surface area contributed by atoms with E-state index in [1.54, 1.807) is 0 Å². The molecule has 0 saturated carbocycles. The van der Waals surface area contributed by atoms with Crippen molar-refractivity contribution < 1.29 is 9.47 Å². The number of benzene rings is 1. The van der Waals surface area contributed by atoms with Crippen molar-refractivity contribution in [3.05, 3.63) is 36.0 Å². The Kier molecular flexibility index (Phi) is 5.86. The van der Waals surface area contributed by atoms with E-state index in [1.165, 1.54) is 18.0 Å². The maximum absolute atomic E-state index is 8.76. The minimum Gasteiger partial charge on any atom is -0.494 e. The lowest BCUT2D eigenvalue weighted by molar-refractivity contribution is 0.332. The fourth-order valence-electron chi connectivity index (χ4n) is 1.62. The third kappa shape index (κ3) is 4.53. The molecule has 1 aromatic heterocycles. The van der Waals surface area contributed by atoms with E-state index in [9.17, 15) is 0 Å². The van der Waals surface area contributed by atoms with E-state index in [-0.39, 0.29) is 11.4 Å². The highest BCUT2D eigenvalue weighted by molar-refractivity contribution is 7.99. The van der Waals surface area contributed by atoms with E-state index in [1.807, 2.05) is 37.3 Å². The van der Waals surface area contributed by atoms with E-state index in [0.717, 1.165) is 11.5 Å². The number of hydrogen-bond donors (Lipinski definition) is 1. The number of nitrogens with two attached hydrogens (primary N) is 1. The molecule has 0 aliphatic heterocycles. The Morgan fingerprint density at radius 2 is 1.91 bits per heavy atom. The van der Waals surface area contributed by atoms with Crippen molar-refractivity contribution in [1.82, 2.24) is 9.97 Å². The van der Waals surface area contributed by atoms with E-state index in [4.69, 9.17) is 20.5 Å². The summed E-state index contributed by atoms with van der Waals surface area (Å²) in [5.74, 6) is 2.49. The van der Waals surface area contributed by atoms with Gasteiger partial charge >= 0.3 is 0 Å². The molecule has 0 unspecified atom stereocenters. The Bertz CT molecular complexity index is 656. The summed E-state index contributed by atoms with van der Waals surface area (Å²) in [6.45, 7) is 3.10. The molecule has 114 valence electrons. The van der Waals surface area contributed by atoms with E-state index >= 15 is 0 Å². The molecule has 0 aliphatic rings. The number of anilines is 1. The number of rotatable bonds is 7. The third-order valence-electron chi connectivity index (χ3n) is 2.63. The summed E-state index contributed by atoms with van der Waals surface area (Å²) in [4.78, 5) is 8.12. The molecule has 0 fully saturated rings. The second-order valence-electron chi connectivity index (χ2n) is 4.16. The van der Waals surface area contributed by atoms with Crippen LogP contribution >= 0.6 is 11.8 Å². The smallest absolute Gasteiger partial charge is 0.189 e. The Morgan fingerprint density at radius 1 is 1.23 bits per heavy atom. The van der Waals surface area contributed by atoms with Gasteiger partial charge in [0.1, 0.15) is 28.9 Å². The van der Waals surface area contributed by atoms with Gasteiger partial charge in [0.2, 0.25) is 0 Å². The monoisotopic (exact) mass is 316 g/mol. The van der Waals surface area contributed by atoms with Gasteiger partial charge in [0.15, 0.2) is 5.16 Å². The van der Waals surface area contributed by atoms with Crippen LogP contribution in [0.4, 0.5) is 5.82 Å². The summed E-state index contributed by atoms with van der Waals surface area (Å²) in [7, 11) is 0. The van der Waals surface area contributed by atoms with E-state index in [2.05, 4.69) is 9.97 Å². The molecule has 7 heteroatoms. The van der Waals surface area contributed by atoms with Crippen LogP contribution in [0, 0.1) is 11.3 Å². The zero-order valence-electron chi connectivity index (χ0n) is 12.2. The number of thioether (sulfide) groups is 1. The molecule has 1 heterocycles. The van der Waals surface area contributed by atoms with Gasteiger partial charge < -0.3 is 15.2 Å².